The Bertz CT molecular complexity index is 891. The van der Waals surface area contributed by atoms with Crippen LogP contribution in [-0.4, -0.2) is 33.5 Å². The molecule has 1 aliphatic rings. The van der Waals surface area contributed by atoms with Gasteiger partial charge in [0.25, 0.3) is 11.6 Å². The molecule has 1 heterocycles. The summed E-state index contributed by atoms with van der Waals surface area (Å²) in [5.41, 5.74) is 0.383. The van der Waals surface area contributed by atoms with Crippen molar-refractivity contribution in [1.82, 2.24) is 4.90 Å². The van der Waals surface area contributed by atoms with E-state index in [1.54, 1.807) is 24.3 Å². The second kappa shape index (κ2) is 7.35. The highest BCUT2D eigenvalue weighted by Gasteiger charge is 2.40. The largest absolute Gasteiger partial charge is 0.548 e. The topological polar surface area (TPSA) is 104 Å². The molecule has 1 aliphatic heterocycles. The van der Waals surface area contributed by atoms with E-state index >= 15 is 0 Å². The number of carbonyl (C=O) groups excluding carboxylic acids is 2. The van der Waals surface area contributed by atoms with E-state index < -0.39 is 28.2 Å². The van der Waals surface area contributed by atoms with Crippen LogP contribution in [0, 0.1) is 10.1 Å². The van der Waals surface area contributed by atoms with E-state index in [4.69, 9.17) is 11.6 Å². The summed E-state index contributed by atoms with van der Waals surface area (Å²) in [4.78, 5) is 36.0. The van der Waals surface area contributed by atoms with Crippen LogP contribution in [0.25, 0.3) is 0 Å². The molecule has 0 N–H and O–H groups in total. The fourth-order valence-electron chi connectivity index (χ4n) is 2.75. The maximum absolute atomic E-state index is 13.0. The predicted octanol–water partition coefficient (Wildman–Crippen LogP) is 2.25. The second-order valence-corrected chi connectivity index (χ2v) is 7.08. The number of nitro groups is 1. The molecule has 0 radical (unpaired) electrons. The van der Waals surface area contributed by atoms with Crippen molar-refractivity contribution in [2.24, 2.45) is 0 Å². The fourth-order valence-corrected chi connectivity index (χ4v) is 4.51. The molecule has 1 amide bonds. The van der Waals surface area contributed by atoms with Crippen molar-refractivity contribution in [2.75, 3.05) is 5.75 Å². The number of carboxylic acid groups (broad SMARTS) is 1. The van der Waals surface area contributed by atoms with Crippen LogP contribution in [0.1, 0.15) is 21.3 Å². The first-order valence-corrected chi connectivity index (χ1v) is 8.97. The number of non-ortho nitro benzene ring substituents is 1. The Morgan fingerprint density at radius 1 is 1.19 bits per heavy atom. The normalized spacial score (nSPS) is 19.3. The van der Waals surface area contributed by atoms with E-state index in [0.717, 1.165) is 6.07 Å². The quantitative estimate of drug-likeness (QED) is 0.585. The molecule has 0 saturated carbocycles. The lowest BCUT2D eigenvalue weighted by Gasteiger charge is -2.30. The number of rotatable bonds is 4. The van der Waals surface area contributed by atoms with Gasteiger partial charge in [-0.1, -0.05) is 35.9 Å². The molecule has 1 saturated heterocycles. The minimum absolute atomic E-state index is 0.0324. The molecule has 0 aromatic heterocycles. The number of benzene rings is 2. The molecule has 0 aliphatic carbocycles. The standard InChI is InChI=1S/C17H13ClN2O5S/c18-13-7-2-1-6-12(13)16-19(14(9-26-16)17(22)23)15(21)10-4-3-5-11(8-10)20(24)25/h1-8,14,16H,9H2,(H,22,23)/p-1/t14-,16+/m0/s1. The molecule has 0 unspecified atom stereocenters. The van der Waals surface area contributed by atoms with Gasteiger partial charge in [-0.05, 0) is 12.1 Å². The number of aliphatic carboxylic acids is 1. The summed E-state index contributed by atoms with van der Waals surface area (Å²) in [5.74, 6) is -1.87. The molecule has 26 heavy (non-hydrogen) atoms. The molecular weight excluding hydrogens is 380 g/mol. The lowest BCUT2D eigenvalue weighted by atomic mass is 10.1. The van der Waals surface area contributed by atoms with Gasteiger partial charge in [-0.15, -0.1) is 11.8 Å². The van der Waals surface area contributed by atoms with Gasteiger partial charge in [0.15, 0.2) is 0 Å². The smallest absolute Gasteiger partial charge is 0.270 e. The maximum atomic E-state index is 13.0. The summed E-state index contributed by atoms with van der Waals surface area (Å²) in [7, 11) is 0. The van der Waals surface area contributed by atoms with E-state index in [1.807, 2.05) is 0 Å². The molecule has 9 heteroatoms. The van der Waals surface area contributed by atoms with Gasteiger partial charge in [-0.25, -0.2) is 0 Å². The van der Waals surface area contributed by atoms with Gasteiger partial charge in [0.05, 0.1) is 16.9 Å². The average molecular weight is 392 g/mol. The molecule has 2 aromatic carbocycles. The summed E-state index contributed by atoms with van der Waals surface area (Å²) in [6.07, 6.45) is 0. The van der Waals surface area contributed by atoms with Gasteiger partial charge in [0, 0.05) is 34.0 Å². The number of nitrogens with zero attached hydrogens (tertiary/aromatic N) is 2. The highest BCUT2D eigenvalue weighted by Crippen LogP contribution is 2.44. The molecular formula is C17H12ClN2O5S-. The summed E-state index contributed by atoms with van der Waals surface area (Å²) < 4.78 is 0. The summed E-state index contributed by atoms with van der Waals surface area (Å²) >= 11 is 7.46. The number of hydrogen-bond donors (Lipinski definition) is 0. The van der Waals surface area contributed by atoms with Crippen molar-refractivity contribution in [2.45, 2.75) is 11.4 Å². The van der Waals surface area contributed by atoms with Gasteiger partial charge in [0.2, 0.25) is 0 Å². The third-order valence-corrected chi connectivity index (χ3v) is 5.63. The van der Waals surface area contributed by atoms with Crippen LogP contribution in [0.3, 0.4) is 0 Å². The zero-order valence-electron chi connectivity index (χ0n) is 13.2. The zero-order valence-corrected chi connectivity index (χ0v) is 14.8. The van der Waals surface area contributed by atoms with Crippen LogP contribution in [-0.2, 0) is 4.79 Å². The Morgan fingerprint density at radius 2 is 1.92 bits per heavy atom. The van der Waals surface area contributed by atoms with E-state index in [-0.39, 0.29) is 17.0 Å². The third-order valence-electron chi connectivity index (χ3n) is 3.98. The highest BCUT2D eigenvalue weighted by atomic mass is 35.5. The minimum atomic E-state index is -1.38. The SMILES string of the molecule is O=C([O-])[C@@H]1CS[C@H](c2ccccc2Cl)N1C(=O)c1cccc([N+](=O)[O-])c1. The van der Waals surface area contributed by atoms with Crippen LogP contribution in [0.2, 0.25) is 5.02 Å². The molecule has 2 atom stereocenters. The number of hydrogen-bond acceptors (Lipinski definition) is 6. The third kappa shape index (κ3) is 3.38. The Labute approximate surface area is 157 Å². The van der Waals surface area contributed by atoms with Crippen molar-refractivity contribution < 1.29 is 19.6 Å². The van der Waals surface area contributed by atoms with Gasteiger partial charge in [-0.3, -0.25) is 14.9 Å². The predicted molar refractivity (Wildman–Crippen MR) is 94.7 cm³/mol. The molecule has 0 spiro atoms. The Morgan fingerprint density at radius 3 is 2.58 bits per heavy atom. The lowest BCUT2D eigenvalue weighted by Crippen LogP contribution is -2.49. The summed E-state index contributed by atoms with van der Waals surface area (Å²) in [5, 5.41) is 22.3. The monoisotopic (exact) mass is 391 g/mol. The van der Waals surface area contributed by atoms with Crippen molar-refractivity contribution in [3.05, 3.63) is 74.8 Å². The molecule has 1 fully saturated rings. The number of thioether (sulfide) groups is 1. The number of halogens is 1. The van der Waals surface area contributed by atoms with Gasteiger partial charge in [-0.2, -0.15) is 0 Å². The molecule has 0 bridgehead atoms. The Kier molecular flexibility index (Phi) is 5.15. The number of carbonyl (C=O) groups is 2. The van der Waals surface area contributed by atoms with E-state index in [1.165, 1.54) is 34.9 Å². The zero-order chi connectivity index (χ0) is 18.8. The van der Waals surface area contributed by atoms with Crippen molar-refractivity contribution in [1.29, 1.82) is 0 Å². The highest BCUT2D eigenvalue weighted by molar-refractivity contribution is 7.99. The molecule has 134 valence electrons. The molecule has 3 rings (SSSR count). The van der Waals surface area contributed by atoms with Crippen LogP contribution in [0.4, 0.5) is 5.69 Å². The number of nitro benzene ring substituents is 1. The van der Waals surface area contributed by atoms with E-state index in [2.05, 4.69) is 0 Å². The second-order valence-electron chi connectivity index (χ2n) is 5.56. The van der Waals surface area contributed by atoms with Crippen LogP contribution in [0.15, 0.2) is 48.5 Å². The van der Waals surface area contributed by atoms with Crippen molar-refractivity contribution in [3.8, 4) is 0 Å². The number of carboxylic acids is 1. The summed E-state index contributed by atoms with van der Waals surface area (Å²) in [6.45, 7) is 0. The van der Waals surface area contributed by atoms with Crippen LogP contribution >= 0.6 is 23.4 Å². The molecule has 2 aromatic rings. The van der Waals surface area contributed by atoms with Gasteiger partial charge < -0.3 is 14.8 Å². The maximum Gasteiger partial charge on any atom is 0.270 e. The van der Waals surface area contributed by atoms with Crippen molar-refractivity contribution in [3.63, 3.8) is 0 Å². The summed E-state index contributed by atoms with van der Waals surface area (Å²) in [6, 6.07) is 10.9. The van der Waals surface area contributed by atoms with Crippen molar-refractivity contribution >= 4 is 40.9 Å². The van der Waals surface area contributed by atoms with Gasteiger partial charge in [0.1, 0.15) is 5.37 Å². The first-order valence-electron chi connectivity index (χ1n) is 7.54. The minimum Gasteiger partial charge on any atom is -0.548 e. The van der Waals surface area contributed by atoms with Gasteiger partial charge >= 0.3 is 0 Å². The average Bonchev–Trinajstić information content (AvgIpc) is 3.06. The van der Waals surface area contributed by atoms with Crippen LogP contribution < -0.4 is 5.11 Å². The van der Waals surface area contributed by atoms with E-state index in [0.29, 0.717) is 10.6 Å². The first-order chi connectivity index (χ1) is 12.4. The van der Waals surface area contributed by atoms with Crippen LogP contribution in [0.5, 0.6) is 0 Å². The lowest BCUT2D eigenvalue weighted by molar-refractivity contribution is -0.384. The van der Waals surface area contributed by atoms with E-state index in [9.17, 15) is 24.8 Å². The number of amides is 1. The first kappa shape index (κ1) is 18.2. The Balaban J connectivity index is 2.03. The Hall–Kier alpha value is -2.58. The molecule has 7 nitrogen and oxygen atoms in total. The fraction of sp³-hybridized carbons (Fsp3) is 0.176.